The van der Waals surface area contributed by atoms with Crippen LogP contribution in [0.1, 0.15) is 31.4 Å². The van der Waals surface area contributed by atoms with Crippen LogP contribution in [0.2, 0.25) is 0 Å². The Morgan fingerprint density at radius 1 is 1.12 bits per heavy atom. The number of methoxy groups -OCH3 is 1. The molecular formula is C24H29N7O. The van der Waals surface area contributed by atoms with Gasteiger partial charge in [0.1, 0.15) is 11.4 Å². The molecule has 2 aliphatic rings. The van der Waals surface area contributed by atoms with Crippen molar-refractivity contribution in [2.45, 2.75) is 38.1 Å². The van der Waals surface area contributed by atoms with E-state index in [1.165, 1.54) is 12.8 Å². The van der Waals surface area contributed by atoms with Gasteiger partial charge >= 0.3 is 0 Å². The normalized spacial score (nSPS) is 17.1. The fourth-order valence-electron chi connectivity index (χ4n) is 5.00. The van der Waals surface area contributed by atoms with E-state index in [2.05, 4.69) is 45.8 Å². The van der Waals surface area contributed by atoms with Gasteiger partial charge in [0.2, 0.25) is 5.95 Å². The number of rotatable bonds is 4. The van der Waals surface area contributed by atoms with Gasteiger partial charge in [-0.3, -0.25) is 0 Å². The highest BCUT2D eigenvalue weighted by Gasteiger charge is 2.47. The Balaban J connectivity index is 1.46. The van der Waals surface area contributed by atoms with Crippen LogP contribution in [0.15, 0.2) is 49.2 Å². The molecule has 1 fully saturated rings. The number of aromatic nitrogens is 4. The zero-order valence-electron chi connectivity index (χ0n) is 19.1. The summed E-state index contributed by atoms with van der Waals surface area (Å²) in [5.74, 6) is 2.22. The number of likely N-dealkylation sites (N-methyl/N-ethyl adjacent to an activating group) is 2. The number of nitrogens with zero attached hydrogens (tertiary/aromatic N) is 6. The molecule has 32 heavy (non-hydrogen) atoms. The minimum absolute atomic E-state index is 0.0544. The summed E-state index contributed by atoms with van der Waals surface area (Å²) in [5, 5.41) is 3.34. The summed E-state index contributed by atoms with van der Waals surface area (Å²) in [6.07, 6.45) is 10.3. The predicted molar refractivity (Wildman–Crippen MR) is 127 cm³/mol. The maximum Gasteiger partial charge on any atom is 0.229 e. The zero-order valence-corrected chi connectivity index (χ0v) is 19.1. The molecular weight excluding hydrogens is 402 g/mol. The SMILES string of the molecule is C=C1N(C)c2cnc(Nc3ccc(-n4cnc(C)c4)c(OC)c3)nc2N(C)C12CCCC2. The van der Waals surface area contributed by atoms with E-state index in [1.54, 1.807) is 13.4 Å². The third-order valence-corrected chi connectivity index (χ3v) is 6.87. The second-order valence-electron chi connectivity index (χ2n) is 8.64. The van der Waals surface area contributed by atoms with E-state index < -0.39 is 0 Å². The molecule has 8 nitrogen and oxygen atoms in total. The molecule has 0 unspecified atom stereocenters. The van der Waals surface area contributed by atoms with Crippen LogP contribution in [0.4, 0.5) is 23.1 Å². The van der Waals surface area contributed by atoms with E-state index in [-0.39, 0.29) is 5.54 Å². The van der Waals surface area contributed by atoms with Crippen molar-refractivity contribution < 1.29 is 4.74 Å². The van der Waals surface area contributed by atoms with Crippen molar-refractivity contribution in [3.63, 3.8) is 0 Å². The molecule has 1 aromatic carbocycles. The first-order valence-corrected chi connectivity index (χ1v) is 10.9. The van der Waals surface area contributed by atoms with Gasteiger partial charge in [-0.2, -0.15) is 4.98 Å². The molecule has 1 N–H and O–H groups in total. The molecule has 0 amide bonds. The lowest BCUT2D eigenvalue weighted by Crippen LogP contribution is -2.54. The minimum atomic E-state index is -0.0544. The second kappa shape index (κ2) is 7.55. The van der Waals surface area contributed by atoms with E-state index in [4.69, 9.17) is 9.72 Å². The molecule has 1 spiro atoms. The molecule has 166 valence electrons. The number of nitrogens with one attached hydrogen (secondary N) is 1. The third kappa shape index (κ3) is 3.09. The average Bonchev–Trinajstić information content (AvgIpc) is 3.46. The molecule has 1 aliphatic heterocycles. The predicted octanol–water partition coefficient (Wildman–Crippen LogP) is 4.44. The van der Waals surface area contributed by atoms with E-state index >= 15 is 0 Å². The summed E-state index contributed by atoms with van der Waals surface area (Å²) in [4.78, 5) is 18.2. The summed E-state index contributed by atoms with van der Waals surface area (Å²) in [6, 6.07) is 5.94. The Bertz CT molecular complexity index is 1180. The molecule has 8 heteroatoms. The summed E-state index contributed by atoms with van der Waals surface area (Å²) in [7, 11) is 5.86. The van der Waals surface area contributed by atoms with Gasteiger partial charge in [-0.15, -0.1) is 0 Å². The number of ether oxygens (including phenoxy) is 1. The van der Waals surface area contributed by atoms with Crippen molar-refractivity contribution in [2.75, 3.05) is 36.3 Å². The number of hydrogen-bond donors (Lipinski definition) is 1. The Morgan fingerprint density at radius 3 is 2.59 bits per heavy atom. The molecule has 3 aromatic rings. The van der Waals surface area contributed by atoms with Crippen LogP contribution in [-0.2, 0) is 0 Å². The van der Waals surface area contributed by atoms with Gasteiger partial charge in [0.25, 0.3) is 0 Å². The van der Waals surface area contributed by atoms with Gasteiger partial charge in [-0.1, -0.05) is 19.4 Å². The Labute approximate surface area is 188 Å². The van der Waals surface area contributed by atoms with Crippen LogP contribution >= 0.6 is 0 Å². The lowest BCUT2D eigenvalue weighted by atomic mass is 9.88. The number of fused-ring (bicyclic) bond motifs is 1. The number of aryl methyl sites for hydroxylation is 1. The topological polar surface area (TPSA) is 71.3 Å². The quantitative estimate of drug-likeness (QED) is 0.655. The summed E-state index contributed by atoms with van der Waals surface area (Å²) >= 11 is 0. The highest BCUT2D eigenvalue weighted by Crippen LogP contribution is 2.49. The van der Waals surface area contributed by atoms with Crippen molar-refractivity contribution in [1.29, 1.82) is 0 Å². The highest BCUT2D eigenvalue weighted by molar-refractivity contribution is 5.76. The van der Waals surface area contributed by atoms with Crippen molar-refractivity contribution >= 4 is 23.1 Å². The minimum Gasteiger partial charge on any atom is -0.494 e. The smallest absolute Gasteiger partial charge is 0.229 e. The second-order valence-corrected chi connectivity index (χ2v) is 8.64. The Hall–Kier alpha value is -3.55. The first-order chi connectivity index (χ1) is 15.4. The number of imidazole rings is 1. The van der Waals surface area contributed by atoms with Gasteiger partial charge in [0.05, 0.1) is 36.6 Å². The van der Waals surface area contributed by atoms with Crippen molar-refractivity contribution in [3.8, 4) is 11.4 Å². The van der Waals surface area contributed by atoms with Gasteiger partial charge in [-0.05, 0) is 31.9 Å². The van der Waals surface area contributed by atoms with Gasteiger partial charge in [0, 0.05) is 37.7 Å². The van der Waals surface area contributed by atoms with E-state index in [0.29, 0.717) is 5.95 Å². The molecule has 0 radical (unpaired) electrons. The molecule has 0 saturated heterocycles. The third-order valence-electron chi connectivity index (χ3n) is 6.87. The van der Waals surface area contributed by atoms with E-state index in [1.807, 2.05) is 42.1 Å². The van der Waals surface area contributed by atoms with E-state index in [9.17, 15) is 0 Å². The van der Waals surface area contributed by atoms with Crippen LogP contribution in [0.25, 0.3) is 5.69 Å². The lowest BCUT2D eigenvalue weighted by Gasteiger charge is -2.49. The lowest BCUT2D eigenvalue weighted by molar-refractivity contribution is 0.413. The molecule has 0 atom stereocenters. The molecule has 2 aromatic heterocycles. The average molecular weight is 432 g/mol. The molecule has 0 bridgehead atoms. The number of anilines is 4. The van der Waals surface area contributed by atoms with Gasteiger partial charge < -0.3 is 24.4 Å². The fraction of sp³-hybridized carbons (Fsp3) is 0.375. The van der Waals surface area contributed by atoms with Gasteiger partial charge in [-0.25, -0.2) is 9.97 Å². The standard InChI is InChI=1S/C24H29N7O/c1-16-14-31(15-26-16)19-9-8-18(12-21(19)32-5)27-23-25-13-20-22(28-23)30(4)24(10-6-7-11-24)17(2)29(20)3/h8-9,12-15H,2,6-7,10-11H2,1,3-5H3,(H,25,27,28). The summed E-state index contributed by atoms with van der Waals surface area (Å²) < 4.78 is 7.58. The van der Waals surface area contributed by atoms with E-state index in [0.717, 1.165) is 52.9 Å². The van der Waals surface area contributed by atoms with Crippen LogP contribution in [0.3, 0.4) is 0 Å². The summed E-state index contributed by atoms with van der Waals surface area (Å²) in [6.45, 7) is 6.38. The van der Waals surface area contributed by atoms with Crippen LogP contribution in [0, 0.1) is 6.92 Å². The first-order valence-electron chi connectivity index (χ1n) is 10.9. The highest BCUT2D eigenvalue weighted by atomic mass is 16.5. The largest absolute Gasteiger partial charge is 0.494 e. The Kier molecular flexibility index (Phi) is 4.80. The van der Waals surface area contributed by atoms with Crippen molar-refractivity contribution in [1.82, 2.24) is 19.5 Å². The molecule has 1 saturated carbocycles. The first kappa shape index (κ1) is 20.4. The zero-order chi connectivity index (χ0) is 22.5. The van der Waals surface area contributed by atoms with Crippen LogP contribution < -0.4 is 19.9 Å². The number of hydrogen-bond acceptors (Lipinski definition) is 7. The van der Waals surface area contributed by atoms with Crippen LogP contribution in [-0.4, -0.2) is 46.3 Å². The Morgan fingerprint density at radius 2 is 1.91 bits per heavy atom. The van der Waals surface area contributed by atoms with Gasteiger partial charge in [0.15, 0.2) is 5.82 Å². The maximum atomic E-state index is 5.63. The molecule has 1 aliphatic carbocycles. The number of benzene rings is 1. The summed E-state index contributed by atoms with van der Waals surface area (Å²) in [5.41, 5.74) is 4.78. The van der Waals surface area contributed by atoms with Crippen molar-refractivity contribution in [2.24, 2.45) is 0 Å². The molecule has 3 heterocycles. The van der Waals surface area contributed by atoms with Crippen molar-refractivity contribution in [3.05, 3.63) is 54.9 Å². The maximum absolute atomic E-state index is 5.63. The molecule has 5 rings (SSSR count). The van der Waals surface area contributed by atoms with Crippen LogP contribution in [0.5, 0.6) is 5.75 Å². The monoisotopic (exact) mass is 431 g/mol. The fourth-order valence-corrected chi connectivity index (χ4v) is 5.00.